The van der Waals surface area contributed by atoms with Crippen LogP contribution in [0, 0.1) is 0 Å². The fraction of sp³-hybridized carbons (Fsp3) is 0.500. The molecule has 0 nitrogen and oxygen atoms in total. The SMILES string of the molecule is [CH3][Ge]([CH3])([CH3])[c]1cc[c]([Ge]([CH3])([CH3])[CH3])cc1. The average Bonchev–Trinajstić information content (AvgIpc) is 2.01. The molecule has 0 aromatic heterocycles. The summed E-state index contributed by atoms with van der Waals surface area (Å²) >= 11 is -3.15. The van der Waals surface area contributed by atoms with E-state index in [4.69, 9.17) is 0 Å². The molecule has 0 aliphatic heterocycles. The molecule has 0 aliphatic rings. The fourth-order valence-electron chi connectivity index (χ4n) is 1.47. The van der Waals surface area contributed by atoms with Crippen LogP contribution in [0.5, 0.6) is 0 Å². The van der Waals surface area contributed by atoms with Crippen molar-refractivity contribution in [3.05, 3.63) is 24.3 Å². The quantitative estimate of drug-likeness (QED) is 0.737. The van der Waals surface area contributed by atoms with Crippen LogP contribution in [0.25, 0.3) is 0 Å². The van der Waals surface area contributed by atoms with Crippen LogP contribution in [0.15, 0.2) is 24.3 Å². The Morgan fingerprint density at radius 1 is 0.571 bits per heavy atom. The second-order valence-corrected chi connectivity index (χ2v) is 27.4. The van der Waals surface area contributed by atoms with Crippen molar-refractivity contribution in [1.82, 2.24) is 0 Å². The Balaban J connectivity index is 3.02. The molecule has 0 bridgehead atoms. The van der Waals surface area contributed by atoms with Gasteiger partial charge in [-0.2, -0.15) is 0 Å². The van der Waals surface area contributed by atoms with Gasteiger partial charge in [-0.3, -0.25) is 0 Å². The van der Waals surface area contributed by atoms with Gasteiger partial charge in [0.1, 0.15) is 0 Å². The molecule has 1 rings (SSSR count). The van der Waals surface area contributed by atoms with Crippen molar-refractivity contribution in [2.75, 3.05) is 0 Å². The van der Waals surface area contributed by atoms with Gasteiger partial charge in [0.15, 0.2) is 0 Å². The first-order chi connectivity index (χ1) is 6.21. The second kappa shape index (κ2) is 4.05. The van der Waals surface area contributed by atoms with Crippen LogP contribution in [0.3, 0.4) is 0 Å². The Bertz CT molecular complexity index is 266. The van der Waals surface area contributed by atoms with Crippen molar-refractivity contribution in [2.24, 2.45) is 0 Å². The summed E-state index contributed by atoms with van der Waals surface area (Å²) in [5.74, 6) is 14.7. The van der Waals surface area contributed by atoms with Crippen LogP contribution >= 0.6 is 0 Å². The van der Waals surface area contributed by atoms with Crippen LogP contribution in [-0.4, -0.2) is 26.5 Å². The van der Waals surface area contributed by atoms with Crippen molar-refractivity contribution < 1.29 is 0 Å². The molecule has 1 aromatic carbocycles. The van der Waals surface area contributed by atoms with Gasteiger partial charge in [-0.15, -0.1) is 0 Å². The third kappa shape index (κ3) is 3.16. The zero-order valence-corrected chi connectivity index (χ0v) is 14.5. The van der Waals surface area contributed by atoms with Crippen LogP contribution in [0.2, 0.25) is 34.5 Å². The summed E-state index contributed by atoms with van der Waals surface area (Å²) < 4.78 is 3.25. The molecule has 0 amide bonds. The van der Waals surface area contributed by atoms with E-state index >= 15 is 0 Å². The maximum absolute atomic E-state index is 2.45. The van der Waals surface area contributed by atoms with Gasteiger partial charge in [0, 0.05) is 0 Å². The van der Waals surface area contributed by atoms with Crippen molar-refractivity contribution in [1.29, 1.82) is 0 Å². The van der Waals surface area contributed by atoms with E-state index in [-0.39, 0.29) is 0 Å². The summed E-state index contributed by atoms with van der Waals surface area (Å²) in [5.41, 5.74) is 0. The monoisotopic (exact) mass is 314 g/mol. The van der Waals surface area contributed by atoms with Crippen LogP contribution in [0.4, 0.5) is 0 Å². The van der Waals surface area contributed by atoms with E-state index in [0.29, 0.717) is 0 Å². The van der Waals surface area contributed by atoms with E-state index in [0.717, 1.165) is 0 Å². The average molecular weight is 312 g/mol. The van der Waals surface area contributed by atoms with Crippen molar-refractivity contribution in [3.8, 4) is 0 Å². The molecule has 1 aromatic rings. The van der Waals surface area contributed by atoms with Gasteiger partial charge in [-0.25, -0.2) is 0 Å². The van der Waals surface area contributed by atoms with Gasteiger partial charge in [0.2, 0.25) is 0 Å². The van der Waals surface area contributed by atoms with E-state index < -0.39 is 26.5 Å². The summed E-state index contributed by atoms with van der Waals surface area (Å²) in [5, 5.41) is 0. The molecular formula is C12H22Ge2. The molecule has 0 spiro atoms. The van der Waals surface area contributed by atoms with Crippen LogP contribution in [-0.2, 0) is 0 Å². The normalized spacial score (nSPS) is 13.0. The van der Waals surface area contributed by atoms with E-state index in [9.17, 15) is 0 Å². The summed E-state index contributed by atoms with van der Waals surface area (Å²) in [7, 11) is 0. The topological polar surface area (TPSA) is 0 Å². The Morgan fingerprint density at radius 3 is 0.929 bits per heavy atom. The maximum atomic E-state index is 2.45. The molecule has 0 fully saturated rings. The molecule has 78 valence electrons. The predicted molar refractivity (Wildman–Crippen MR) is 72.4 cm³/mol. The standard InChI is InChI=1S/C12H22Ge2/c1-13(2,3)11-7-9-12(10-8-11)14(4,5)6/h7-10H,1-6H3. The second-order valence-electron chi connectivity index (χ2n) is 6.08. The Hall–Kier alpha value is 0.306. The summed E-state index contributed by atoms with van der Waals surface area (Å²) in [6.07, 6.45) is 0. The van der Waals surface area contributed by atoms with Crippen LogP contribution in [0.1, 0.15) is 0 Å². The molecule has 0 heterocycles. The minimum atomic E-state index is -1.58. The number of hydrogen-bond acceptors (Lipinski definition) is 0. The van der Waals surface area contributed by atoms with E-state index in [1.165, 1.54) is 0 Å². The molecule has 0 aliphatic carbocycles. The Labute approximate surface area is 93.8 Å². The van der Waals surface area contributed by atoms with Crippen molar-refractivity contribution >= 4 is 35.3 Å². The van der Waals surface area contributed by atoms with E-state index in [2.05, 4.69) is 58.8 Å². The third-order valence-electron chi connectivity index (χ3n) is 2.62. The van der Waals surface area contributed by atoms with Gasteiger partial charge in [0.25, 0.3) is 0 Å². The zero-order valence-electron chi connectivity index (χ0n) is 10.3. The predicted octanol–water partition coefficient (Wildman–Crippen LogP) is 2.78. The Kier molecular flexibility index (Phi) is 3.58. The molecule has 0 saturated carbocycles. The Morgan fingerprint density at radius 2 is 0.786 bits per heavy atom. The van der Waals surface area contributed by atoms with Gasteiger partial charge in [-0.05, 0) is 0 Å². The fourth-order valence-corrected chi connectivity index (χ4v) is 6.37. The molecule has 2 heteroatoms. The third-order valence-corrected chi connectivity index (χ3v) is 11.3. The van der Waals surface area contributed by atoms with Crippen molar-refractivity contribution in [3.63, 3.8) is 0 Å². The number of rotatable bonds is 2. The molecular weight excluding hydrogens is 289 g/mol. The van der Waals surface area contributed by atoms with Crippen molar-refractivity contribution in [2.45, 2.75) is 34.5 Å². The first-order valence-electron chi connectivity index (χ1n) is 5.32. The van der Waals surface area contributed by atoms with E-state index in [1.807, 2.05) is 0 Å². The summed E-state index contributed by atoms with van der Waals surface area (Å²) in [4.78, 5) is 0. The van der Waals surface area contributed by atoms with Gasteiger partial charge < -0.3 is 0 Å². The molecule has 0 unspecified atom stereocenters. The first kappa shape index (κ1) is 12.4. The molecule has 0 N–H and O–H groups in total. The van der Waals surface area contributed by atoms with Crippen LogP contribution < -0.4 is 8.79 Å². The molecule has 14 heavy (non-hydrogen) atoms. The molecule has 0 atom stereocenters. The zero-order chi connectivity index (χ0) is 11.0. The van der Waals surface area contributed by atoms with Gasteiger partial charge >= 0.3 is 94.1 Å². The molecule has 0 radical (unpaired) electrons. The number of benzene rings is 1. The number of hydrogen-bond donors (Lipinski definition) is 0. The van der Waals surface area contributed by atoms with E-state index in [1.54, 1.807) is 8.79 Å². The minimum absolute atomic E-state index is 1.58. The molecule has 0 saturated heterocycles. The summed E-state index contributed by atoms with van der Waals surface area (Å²) in [6.45, 7) is 0. The first-order valence-corrected chi connectivity index (χ1v) is 20.0. The van der Waals surface area contributed by atoms with Gasteiger partial charge in [0.05, 0.1) is 0 Å². The van der Waals surface area contributed by atoms with Gasteiger partial charge in [-0.1, -0.05) is 0 Å². The summed E-state index contributed by atoms with van der Waals surface area (Å²) in [6, 6.07) is 9.52.